The molecule has 1 aromatic heterocycles. The first kappa shape index (κ1) is 13.4. The topological polar surface area (TPSA) is 53.1 Å². The highest BCUT2D eigenvalue weighted by atomic mass is 19.1. The van der Waals surface area contributed by atoms with Crippen molar-refractivity contribution in [3.8, 4) is 11.1 Å². The maximum absolute atomic E-state index is 13.1. The number of aromatic nitrogens is 1. The molecular weight excluding hydrogens is 269 g/mol. The van der Waals surface area contributed by atoms with Crippen LogP contribution in [0.2, 0.25) is 0 Å². The van der Waals surface area contributed by atoms with Crippen LogP contribution in [0.5, 0.6) is 0 Å². The number of H-pyrrole nitrogens is 1. The summed E-state index contributed by atoms with van der Waals surface area (Å²) < 4.78 is 13.1. The van der Waals surface area contributed by atoms with Gasteiger partial charge in [0.25, 0.3) is 0 Å². The molecule has 0 unspecified atom stereocenters. The van der Waals surface area contributed by atoms with Gasteiger partial charge in [0, 0.05) is 16.5 Å². The van der Waals surface area contributed by atoms with Crippen LogP contribution in [0.15, 0.2) is 36.4 Å². The average molecular weight is 283 g/mol. The fourth-order valence-electron chi connectivity index (χ4n) is 2.73. The third-order valence-electron chi connectivity index (χ3n) is 3.60. The van der Waals surface area contributed by atoms with Crippen molar-refractivity contribution in [1.82, 2.24) is 4.98 Å². The van der Waals surface area contributed by atoms with E-state index >= 15 is 0 Å². The number of aryl methyl sites for hydroxylation is 2. The smallest absolute Gasteiger partial charge is 0.352 e. The third-order valence-corrected chi connectivity index (χ3v) is 3.60. The number of carboxylic acid groups (broad SMARTS) is 1. The minimum Gasteiger partial charge on any atom is -0.477 e. The fourth-order valence-corrected chi connectivity index (χ4v) is 2.73. The van der Waals surface area contributed by atoms with Gasteiger partial charge in [0.2, 0.25) is 0 Å². The first-order valence-corrected chi connectivity index (χ1v) is 6.59. The molecule has 1 heterocycles. The predicted molar refractivity (Wildman–Crippen MR) is 80.1 cm³/mol. The van der Waals surface area contributed by atoms with Gasteiger partial charge in [0.1, 0.15) is 11.5 Å². The Labute approximate surface area is 121 Å². The van der Waals surface area contributed by atoms with Gasteiger partial charge in [-0.15, -0.1) is 0 Å². The number of hydrogen-bond acceptors (Lipinski definition) is 1. The highest BCUT2D eigenvalue weighted by Crippen LogP contribution is 2.34. The van der Waals surface area contributed by atoms with Crippen LogP contribution in [-0.4, -0.2) is 16.1 Å². The van der Waals surface area contributed by atoms with E-state index in [0.717, 1.165) is 22.0 Å². The second kappa shape index (κ2) is 4.74. The molecule has 0 aliphatic carbocycles. The average Bonchev–Trinajstić information content (AvgIpc) is 2.79. The third kappa shape index (κ3) is 2.18. The summed E-state index contributed by atoms with van der Waals surface area (Å²) in [4.78, 5) is 14.5. The number of aromatic carboxylic acids is 1. The number of rotatable bonds is 2. The molecule has 0 amide bonds. The monoisotopic (exact) mass is 283 g/mol. The van der Waals surface area contributed by atoms with Gasteiger partial charge in [-0.1, -0.05) is 23.8 Å². The number of halogens is 1. The molecule has 0 atom stereocenters. The van der Waals surface area contributed by atoms with Gasteiger partial charge in [-0.2, -0.15) is 0 Å². The van der Waals surface area contributed by atoms with E-state index in [9.17, 15) is 14.3 Å². The first-order chi connectivity index (χ1) is 9.97. The zero-order valence-electron chi connectivity index (χ0n) is 11.7. The Morgan fingerprint density at radius 1 is 1.14 bits per heavy atom. The van der Waals surface area contributed by atoms with Crippen LogP contribution < -0.4 is 0 Å². The number of aromatic amines is 1. The van der Waals surface area contributed by atoms with E-state index in [4.69, 9.17) is 0 Å². The molecule has 4 heteroatoms. The minimum absolute atomic E-state index is 0.130. The van der Waals surface area contributed by atoms with Gasteiger partial charge in [-0.25, -0.2) is 9.18 Å². The van der Waals surface area contributed by atoms with E-state index in [0.29, 0.717) is 11.1 Å². The molecule has 106 valence electrons. The molecule has 0 spiro atoms. The highest BCUT2D eigenvalue weighted by Gasteiger charge is 2.19. The number of hydrogen-bond donors (Lipinski definition) is 2. The van der Waals surface area contributed by atoms with Crippen molar-refractivity contribution in [2.24, 2.45) is 0 Å². The van der Waals surface area contributed by atoms with Crippen LogP contribution in [0.25, 0.3) is 22.0 Å². The Bertz CT molecular complexity index is 847. The largest absolute Gasteiger partial charge is 0.477 e. The molecule has 0 saturated carbocycles. The lowest BCUT2D eigenvalue weighted by Crippen LogP contribution is -1.98. The highest BCUT2D eigenvalue weighted by molar-refractivity contribution is 6.08. The Hall–Kier alpha value is -2.62. The molecule has 3 rings (SSSR count). The van der Waals surface area contributed by atoms with E-state index < -0.39 is 5.97 Å². The molecule has 0 fully saturated rings. The van der Waals surface area contributed by atoms with Crippen molar-refractivity contribution in [2.75, 3.05) is 0 Å². The summed E-state index contributed by atoms with van der Waals surface area (Å²) >= 11 is 0. The molecule has 2 N–H and O–H groups in total. The van der Waals surface area contributed by atoms with E-state index in [1.165, 1.54) is 12.1 Å². The lowest BCUT2D eigenvalue weighted by Gasteiger charge is -2.04. The summed E-state index contributed by atoms with van der Waals surface area (Å²) in [5, 5.41) is 10.3. The van der Waals surface area contributed by atoms with E-state index in [-0.39, 0.29) is 11.5 Å². The van der Waals surface area contributed by atoms with Gasteiger partial charge in [-0.05, 0) is 43.2 Å². The van der Waals surface area contributed by atoms with Crippen molar-refractivity contribution < 1.29 is 14.3 Å². The van der Waals surface area contributed by atoms with Crippen LogP contribution in [0.4, 0.5) is 4.39 Å². The van der Waals surface area contributed by atoms with Gasteiger partial charge >= 0.3 is 5.97 Å². The summed E-state index contributed by atoms with van der Waals surface area (Å²) in [5.41, 5.74) is 4.26. The molecule has 21 heavy (non-hydrogen) atoms. The summed E-state index contributed by atoms with van der Waals surface area (Å²) in [7, 11) is 0. The van der Waals surface area contributed by atoms with Gasteiger partial charge in [0.15, 0.2) is 0 Å². The number of carbonyl (C=O) groups is 1. The fraction of sp³-hybridized carbons (Fsp3) is 0.118. The number of benzene rings is 2. The molecule has 0 bridgehead atoms. The maximum Gasteiger partial charge on any atom is 0.352 e. The van der Waals surface area contributed by atoms with Crippen LogP contribution >= 0.6 is 0 Å². The number of carboxylic acids is 1. The molecule has 0 radical (unpaired) electrons. The summed E-state index contributed by atoms with van der Waals surface area (Å²) in [6, 6.07) is 9.82. The predicted octanol–water partition coefficient (Wildman–Crippen LogP) is 4.29. The number of nitrogens with one attached hydrogen (secondary N) is 1. The molecule has 3 aromatic rings. The van der Waals surface area contributed by atoms with Crippen molar-refractivity contribution in [1.29, 1.82) is 0 Å². The van der Waals surface area contributed by atoms with Gasteiger partial charge in [-0.3, -0.25) is 0 Å². The Kier molecular flexibility index (Phi) is 3.01. The van der Waals surface area contributed by atoms with Crippen molar-refractivity contribution >= 4 is 16.9 Å². The van der Waals surface area contributed by atoms with Crippen LogP contribution in [0, 0.1) is 19.7 Å². The molecule has 2 aromatic carbocycles. The first-order valence-electron chi connectivity index (χ1n) is 6.59. The minimum atomic E-state index is -1.03. The Morgan fingerprint density at radius 3 is 2.43 bits per heavy atom. The lowest BCUT2D eigenvalue weighted by atomic mass is 9.99. The normalized spacial score (nSPS) is 11.0. The zero-order valence-corrected chi connectivity index (χ0v) is 11.7. The van der Waals surface area contributed by atoms with E-state index in [1.807, 2.05) is 26.0 Å². The summed E-state index contributed by atoms with van der Waals surface area (Å²) in [6.45, 7) is 3.90. The van der Waals surface area contributed by atoms with Crippen molar-refractivity contribution in [3.05, 3.63) is 59.0 Å². The molecule has 3 nitrogen and oxygen atoms in total. The number of fused-ring (bicyclic) bond motifs is 1. The van der Waals surface area contributed by atoms with Crippen molar-refractivity contribution in [2.45, 2.75) is 13.8 Å². The maximum atomic E-state index is 13.1. The van der Waals surface area contributed by atoms with Gasteiger partial charge in [0.05, 0.1) is 0 Å². The second-order valence-corrected chi connectivity index (χ2v) is 5.19. The lowest BCUT2D eigenvalue weighted by molar-refractivity contribution is 0.0692. The van der Waals surface area contributed by atoms with Crippen LogP contribution in [0.3, 0.4) is 0 Å². The molecular formula is C17H14FNO2. The van der Waals surface area contributed by atoms with E-state index in [1.54, 1.807) is 12.1 Å². The standard InChI is InChI=1S/C17H14FNO2/c1-9-7-10(2)15-13(8-9)14(16(19-15)17(20)21)11-3-5-12(18)6-4-11/h3-8,19H,1-2H3,(H,20,21). The quantitative estimate of drug-likeness (QED) is 0.737. The van der Waals surface area contributed by atoms with Crippen LogP contribution in [-0.2, 0) is 0 Å². The summed E-state index contributed by atoms with van der Waals surface area (Å²) in [6.07, 6.45) is 0. The van der Waals surface area contributed by atoms with Gasteiger partial charge < -0.3 is 10.1 Å². The summed E-state index contributed by atoms with van der Waals surface area (Å²) in [5.74, 6) is -1.37. The second-order valence-electron chi connectivity index (χ2n) is 5.19. The van der Waals surface area contributed by atoms with Crippen molar-refractivity contribution in [3.63, 3.8) is 0 Å². The van der Waals surface area contributed by atoms with Crippen LogP contribution in [0.1, 0.15) is 21.6 Å². The molecule has 0 aliphatic rings. The Balaban J connectivity index is 2.40. The zero-order chi connectivity index (χ0) is 15.1. The molecule has 0 saturated heterocycles. The molecule has 0 aliphatic heterocycles. The SMILES string of the molecule is Cc1cc(C)c2[nH]c(C(=O)O)c(-c3ccc(F)cc3)c2c1. The Morgan fingerprint density at radius 2 is 1.81 bits per heavy atom. The van der Waals surface area contributed by atoms with E-state index in [2.05, 4.69) is 4.98 Å².